The smallest absolute Gasteiger partial charge is 0.166 e. The molecule has 0 saturated carbocycles. The summed E-state index contributed by atoms with van der Waals surface area (Å²) in [6.45, 7) is 4.15. The van der Waals surface area contributed by atoms with Crippen LogP contribution in [0.2, 0.25) is 0 Å². The van der Waals surface area contributed by atoms with E-state index in [9.17, 15) is 0 Å². The summed E-state index contributed by atoms with van der Waals surface area (Å²) in [4.78, 5) is 0. The van der Waals surface area contributed by atoms with Crippen LogP contribution in [-0.2, 0) is 0 Å². The Morgan fingerprint density at radius 3 is 2.71 bits per heavy atom. The molecular formula is C12H16N4O. The van der Waals surface area contributed by atoms with Crippen LogP contribution in [0, 0.1) is 0 Å². The van der Waals surface area contributed by atoms with Crippen molar-refractivity contribution in [2.45, 2.75) is 19.9 Å². The third-order valence-electron chi connectivity index (χ3n) is 2.63. The van der Waals surface area contributed by atoms with E-state index in [2.05, 4.69) is 24.0 Å². The predicted octanol–water partition coefficient (Wildman–Crippen LogP) is 2.12. The van der Waals surface area contributed by atoms with Crippen molar-refractivity contribution >= 4 is 5.69 Å². The van der Waals surface area contributed by atoms with Gasteiger partial charge in [-0.15, -0.1) is 10.2 Å². The van der Waals surface area contributed by atoms with Crippen molar-refractivity contribution in [3.63, 3.8) is 0 Å². The molecule has 0 aliphatic carbocycles. The minimum Gasteiger partial charge on any atom is -0.497 e. The summed E-state index contributed by atoms with van der Waals surface area (Å²) in [5.41, 5.74) is 7.51. The van der Waals surface area contributed by atoms with Gasteiger partial charge in [0.25, 0.3) is 0 Å². The zero-order valence-corrected chi connectivity index (χ0v) is 10.2. The van der Waals surface area contributed by atoms with Gasteiger partial charge in [-0.25, -0.2) is 0 Å². The lowest BCUT2D eigenvalue weighted by Crippen LogP contribution is -2.03. The van der Waals surface area contributed by atoms with E-state index in [1.165, 1.54) is 0 Å². The summed E-state index contributed by atoms with van der Waals surface area (Å²) >= 11 is 0. The van der Waals surface area contributed by atoms with Gasteiger partial charge in [-0.2, -0.15) is 0 Å². The van der Waals surface area contributed by atoms with Crippen LogP contribution in [0.1, 0.15) is 19.9 Å². The topological polar surface area (TPSA) is 66.0 Å². The van der Waals surface area contributed by atoms with E-state index in [1.54, 1.807) is 19.5 Å². The third-order valence-corrected chi connectivity index (χ3v) is 2.63. The molecule has 0 fully saturated rings. The number of rotatable bonds is 3. The molecule has 0 atom stereocenters. The van der Waals surface area contributed by atoms with Crippen LogP contribution < -0.4 is 10.5 Å². The fourth-order valence-electron chi connectivity index (χ4n) is 1.68. The standard InChI is InChI=1S/C12H16N4O/c1-8(2)16-7-14-15-12(16)10-5-4-9(17-3)6-11(10)13/h4-8H,13H2,1-3H3. The molecule has 2 N–H and O–H groups in total. The average Bonchev–Trinajstić information content (AvgIpc) is 2.77. The van der Waals surface area contributed by atoms with Gasteiger partial charge in [-0.3, -0.25) is 0 Å². The summed E-state index contributed by atoms with van der Waals surface area (Å²) in [6, 6.07) is 5.85. The molecule has 5 nitrogen and oxygen atoms in total. The van der Waals surface area contributed by atoms with Crippen LogP contribution >= 0.6 is 0 Å². The van der Waals surface area contributed by atoms with Crippen molar-refractivity contribution in [3.05, 3.63) is 24.5 Å². The first-order chi connectivity index (χ1) is 8.13. The number of nitrogens with two attached hydrogens (primary N) is 1. The first kappa shape index (κ1) is 11.4. The SMILES string of the molecule is COc1ccc(-c2nncn2C(C)C)c(N)c1. The normalized spacial score (nSPS) is 10.8. The molecule has 2 aromatic rings. The number of hydrogen-bond donors (Lipinski definition) is 1. The molecule has 0 aliphatic rings. The highest BCUT2D eigenvalue weighted by atomic mass is 16.5. The van der Waals surface area contributed by atoms with Crippen molar-refractivity contribution in [1.29, 1.82) is 0 Å². The second kappa shape index (κ2) is 4.45. The number of anilines is 1. The largest absolute Gasteiger partial charge is 0.497 e. The van der Waals surface area contributed by atoms with Gasteiger partial charge in [0.05, 0.1) is 7.11 Å². The number of hydrogen-bond acceptors (Lipinski definition) is 4. The maximum Gasteiger partial charge on any atom is 0.166 e. The number of aromatic nitrogens is 3. The number of ether oxygens (including phenoxy) is 1. The molecule has 5 heteroatoms. The zero-order chi connectivity index (χ0) is 12.4. The van der Waals surface area contributed by atoms with Gasteiger partial charge in [-0.05, 0) is 26.0 Å². The molecule has 0 aliphatic heterocycles. The number of methoxy groups -OCH3 is 1. The van der Waals surface area contributed by atoms with E-state index in [-0.39, 0.29) is 0 Å². The maximum absolute atomic E-state index is 6.00. The Bertz CT molecular complexity index is 519. The van der Waals surface area contributed by atoms with Crippen LogP contribution in [0.15, 0.2) is 24.5 Å². The first-order valence-electron chi connectivity index (χ1n) is 5.47. The highest BCUT2D eigenvalue weighted by Gasteiger charge is 2.12. The zero-order valence-electron chi connectivity index (χ0n) is 10.2. The lowest BCUT2D eigenvalue weighted by molar-refractivity contribution is 0.415. The van der Waals surface area contributed by atoms with Crippen LogP contribution in [0.5, 0.6) is 5.75 Å². The Morgan fingerprint density at radius 2 is 2.12 bits per heavy atom. The van der Waals surface area contributed by atoms with Crippen molar-refractivity contribution in [2.75, 3.05) is 12.8 Å². The second-order valence-corrected chi connectivity index (χ2v) is 4.11. The quantitative estimate of drug-likeness (QED) is 0.823. The number of nitrogen functional groups attached to an aromatic ring is 1. The first-order valence-corrected chi connectivity index (χ1v) is 5.47. The molecule has 1 aromatic heterocycles. The Kier molecular flexibility index (Phi) is 2.99. The summed E-state index contributed by atoms with van der Waals surface area (Å²) in [5.74, 6) is 1.52. The Balaban J connectivity index is 2.49. The molecule has 2 rings (SSSR count). The minimum atomic E-state index is 0.293. The molecule has 0 bridgehead atoms. The van der Waals surface area contributed by atoms with Crippen molar-refractivity contribution in [3.8, 4) is 17.1 Å². The third kappa shape index (κ3) is 2.08. The lowest BCUT2D eigenvalue weighted by Gasteiger charge is -2.12. The Labute approximate surface area is 100 Å². The van der Waals surface area contributed by atoms with Crippen molar-refractivity contribution in [2.24, 2.45) is 0 Å². The molecule has 0 spiro atoms. The Hall–Kier alpha value is -2.04. The molecule has 90 valence electrons. The minimum absolute atomic E-state index is 0.293. The van der Waals surface area contributed by atoms with Crippen LogP contribution in [-0.4, -0.2) is 21.9 Å². The van der Waals surface area contributed by atoms with Gasteiger partial charge >= 0.3 is 0 Å². The fraction of sp³-hybridized carbons (Fsp3) is 0.333. The molecule has 0 unspecified atom stereocenters. The molecule has 0 saturated heterocycles. The monoisotopic (exact) mass is 232 g/mol. The Morgan fingerprint density at radius 1 is 1.35 bits per heavy atom. The van der Waals surface area contributed by atoms with Gasteiger partial charge in [0.2, 0.25) is 0 Å². The maximum atomic E-state index is 6.00. The predicted molar refractivity (Wildman–Crippen MR) is 66.8 cm³/mol. The molecular weight excluding hydrogens is 216 g/mol. The average molecular weight is 232 g/mol. The van der Waals surface area contributed by atoms with E-state index in [4.69, 9.17) is 10.5 Å². The van der Waals surface area contributed by atoms with Gasteiger partial charge in [0.15, 0.2) is 5.82 Å². The van der Waals surface area contributed by atoms with E-state index in [1.807, 2.05) is 16.7 Å². The van der Waals surface area contributed by atoms with Crippen LogP contribution in [0.3, 0.4) is 0 Å². The molecule has 17 heavy (non-hydrogen) atoms. The lowest BCUT2D eigenvalue weighted by atomic mass is 10.1. The van der Waals surface area contributed by atoms with Crippen molar-refractivity contribution < 1.29 is 4.74 Å². The fourth-order valence-corrected chi connectivity index (χ4v) is 1.68. The highest BCUT2D eigenvalue weighted by molar-refractivity contribution is 5.73. The summed E-state index contributed by atoms with van der Waals surface area (Å²) in [6.07, 6.45) is 1.71. The molecule has 0 radical (unpaired) electrons. The van der Waals surface area contributed by atoms with Gasteiger partial charge in [0, 0.05) is 23.4 Å². The van der Waals surface area contributed by atoms with Gasteiger partial charge in [0.1, 0.15) is 12.1 Å². The van der Waals surface area contributed by atoms with E-state index >= 15 is 0 Å². The van der Waals surface area contributed by atoms with Crippen molar-refractivity contribution in [1.82, 2.24) is 14.8 Å². The van der Waals surface area contributed by atoms with Gasteiger partial charge in [-0.1, -0.05) is 0 Å². The second-order valence-electron chi connectivity index (χ2n) is 4.11. The summed E-state index contributed by atoms with van der Waals surface area (Å²) in [5, 5.41) is 8.05. The molecule has 1 heterocycles. The van der Waals surface area contributed by atoms with E-state index < -0.39 is 0 Å². The molecule has 0 amide bonds. The molecule has 1 aromatic carbocycles. The van der Waals surface area contributed by atoms with Gasteiger partial charge < -0.3 is 15.0 Å². The number of nitrogens with zero attached hydrogens (tertiary/aromatic N) is 3. The van der Waals surface area contributed by atoms with E-state index in [0.29, 0.717) is 11.7 Å². The van der Waals surface area contributed by atoms with Crippen LogP contribution in [0.25, 0.3) is 11.4 Å². The highest BCUT2D eigenvalue weighted by Crippen LogP contribution is 2.29. The number of benzene rings is 1. The summed E-state index contributed by atoms with van der Waals surface area (Å²) in [7, 11) is 1.62. The van der Waals surface area contributed by atoms with Crippen LogP contribution in [0.4, 0.5) is 5.69 Å². The summed E-state index contributed by atoms with van der Waals surface area (Å²) < 4.78 is 7.11. The van der Waals surface area contributed by atoms with E-state index in [0.717, 1.165) is 17.1 Å².